The van der Waals surface area contributed by atoms with Crippen LogP contribution in [0, 0.1) is 11.3 Å². The highest BCUT2D eigenvalue weighted by Crippen LogP contribution is 2.32. The summed E-state index contributed by atoms with van der Waals surface area (Å²) in [7, 11) is 0. The number of nitriles is 1. The Balaban J connectivity index is 2.34. The fourth-order valence-electron chi connectivity index (χ4n) is 2.04. The highest BCUT2D eigenvalue weighted by molar-refractivity contribution is 7.99. The Kier molecular flexibility index (Phi) is 5.99. The van der Waals surface area contributed by atoms with Gasteiger partial charge in [-0.3, -0.25) is 4.79 Å². The molecule has 2 rings (SSSR count). The van der Waals surface area contributed by atoms with Gasteiger partial charge in [0, 0.05) is 9.79 Å². The molecule has 0 heterocycles. The molecule has 0 spiro atoms. The molecular formula is C18H15NO4S. The van der Waals surface area contributed by atoms with Gasteiger partial charge in [0.1, 0.15) is 0 Å². The van der Waals surface area contributed by atoms with Crippen LogP contribution in [-0.2, 0) is 16.0 Å². The number of ether oxygens (including phenoxy) is 1. The maximum Gasteiger partial charge on any atom is 0.339 e. The van der Waals surface area contributed by atoms with Gasteiger partial charge < -0.3 is 9.84 Å². The van der Waals surface area contributed by atoms with E-state index in [4.69, 9.17) is 15.1 Å². The van der Waals surface area contributed by atoms with Gasteiger partial charge in [0.2, 0.25) is 0 Å². The van der Waals surface area contributed by atoms with Crippen LogP contribution in [0.2, 0.25) is 0 Å². The third kappa shape index (κ3) is 4.61. The molecule has 2 aromatic rings. The molecule has 0 aliphatic heterocycles. The molecular weight excluding hydrogens is 326 g/mol. The summed E-state index contributed by atoms with van der Waals surface area (Å²) in [6, 6.07) is 14.0. The number of carbonyl (C=O) groups excluding carboxylic acids is 1. The summed E-state index contributed by atoms with van der Waals surface area (Å²) in [5.74, 6) is -1.45. The van der Waals surface area contributed by atoms with Gasteiger partial charge in [-0.1, -0.05) is 17.8 Å². The van der Waals surface area contributed by atoms with Gasteiger partial charge in [-0.25, -0.2) is 4.79 Å². The van der Waals surface area contributed by atoms with Crippen molar-refractivity contribution in [3.63, 3.8) is 0 Å². The first-order valence-corrected chi connectivity index (χ1v) is 8.05. The monoisotopic (exact) mass is 341 g/mol. The van der Waals surface area contributed by atoms with E-state index >= 15 is 0 Å². The quantitative estimate of drug-likeness (QED) is 0.809. The second-order valence-corrected chi connectivity index (χ2v) is 5.98. The molecule has 1 N–H and O–H groups in total. The molecule has 0 fully saturated rings. The Labute approximate surface area is 143 Å². The lowest BCUT2D eigenvalue weighted by molar-refractivity contribution is -0.136. The summed E-state index contributed by atoms with van der Waals surface area (Å²) in [5.41, 5.74) is 1.43. The van der Waals surface area contributed by atoms with Gasteiger partial charge >= 0.3 is 11.9 Å². The molecule has 0 aromatic heterocycles. The molecule has 0 radical (unpaired) electrons. The number of rotatable bonds is 6. The zero-order valence-corrected chi connectivity index (χ0v) is 13.8. The third-order valence-corrected chi connectivity index (χ3v) is 4.19. The summed E-state index contributed by atoms with van der Waals surface area (Å²) >= 11 is 1.36. The first-order chi connectivity index (χ1) is 11.5. The van der Waals surface area contributed by atoms with E-state index in [1.807, 2.05) is 0 Å². The number of esters is 1. The Hall–Kier alpha value is -2.78. The molecule has 0 bridgehead atoms. The smallest absolute Gasteiger partial charge is 0.339 e. The molecule has 0 saturated heterocycles. The Morgan fingerprint density at radius 2 is 1.92 bits per heavy atom. The van der Waals surface area contributed by atoms with Crippen LogP contribution in [0.15, 0.2) is 52.3 Å². The predicted octanol–water partition coefficient (Wildman–Crippen LogP) is 3.51. The fraction of sp³-hybridized carbons (Fsp3) is 0.167. The SMILES string of the molecule is CCOC(=O)c1cc(CC(=O)O)ccc1Sc1ccc(C#N)cc1. The maximum atomic E-state index is 12.2. The summed E-state index contributed by atoms with van der Waals surface area (Å²) in [6.07, 6.45) is -0.159. The molecule has 2 aromatic carbocycles. The first kappa shape index (κ1) is 17.6. The number of carbonyl (C=O) groups is 2. The van der Waals surface area contributed by atoms with Crippen LogP contribution in [0.3, 0.4) is 0 Å². The second-order valence-electron chi connectivity index (χ2n) is 4.86. The molecule has 0 aliphatic rings. The molecule has 6 heteroatoms. The van der Waals surface area contributed by atoms with Crippen LogP contribution >= 0.6 is 11.8 Å². The van der Waals surface area contributed by atoms with Gasteiger partial charge in [-0.2, -0.15) is 5.26 Å². The van der Waals surface area contributed by atoms with Crippen molar-refractivity contribution < 1.29 is 19.4 Å². The van der Waals surface area contributed by atoms with E-state index < -0.39 is 11.9 Å². The van der Waals surface area contributed by atoms with Crippen LogP contribution in [0.5, 0.6) is 0 Å². The number of hydrogen-bond donors (Lipinski definition) is 1. The van der Waals surface area contributed by atoms with Crippen LogP contribution < -0.4 is 0 Å². The lowest BCUT2D eigenvalue weighted by Crippen LogP contribution is -2.08. The molecule has 0 aliphatic carbocycles. The van der Waals surface area contributed by atoms with E-state index in [1.165, 1.54) is 11.8 Å². The van der Waals surface area contributed by atoms with Gasteiger partial charge in [-0.05, 0) is 48.9 Å². The lowest BCUT2D eigenvalue weighted by Gasteiger charge is -2.10. The minimum atomic E-state index is -0.961. The summed E-state index contributed by atoms with van der Waals surface area (Å²) in [4.78, 5) is 24.6. The number of aliphatic carboxylic acids is 1. The number of nitrogens with zero attached hydrogens (tertiary/aromatic N) is 1. The Morgan fingerprint density at radius 3 is 2.50 bits per heavy atom. The average Bonchev–Trinajstić information content (AvgIpc) is 2.56. The molecule has 0 atom stereocenters. The molecule has 122 valence electrons. The molecule has 0 amide bonds. The van der Waals surface area contributed by atoms with E-state index in [0.29, 0.717) is 21.6 Å². The molecule has 24 heavy (non-hydrogen) atoms. The molecule has 5 nitrogen and oxygen atoms in total. The zero-order chi connectivity index (χ0) is 17.5. The van der Waals surface area contributed by atoms with E-state index in [-0.39, 0.29) is 13.0 Å². The predicted molar refractivity (Wildman–Crippen MR) is 89.0 cm³/mol. The van der Waals surface area contributed by atoms with Crippen molar-refractivity contribution in [2.45, 2.75) is 23.1 Å². The van der Waals surface area contributed by atoms with Crippen LogP contribution in [-0.4, -0.2) is 23.7 Å². The van der Waals surface area contributed by atoms with E-state index in [2.05, 4.69) is 6.07 Å². The fourth-order valence-corrected chi connectivity index (χ4v) is 2.96. The van der Waals surface area contributed by atoms with Crippen molar-refractivity contribution in [3.8, 4) is 6.07 Å². The summed E-state index contributed by atoms with van der Waals surface area (Å²) in [5, 5.41) is 17.7. The van der Waals surface area contributed by atoms with Gasteiger partial charge in [0.25, 0.3) is 0 Å². The van der Waals surface area contributed by atoms with Gasteiger partial charge in [0.05, 0.1) is 30.2 Å². The standard InChI is InChI=1S/C18H15NO4S/c1-2-23-18(22)15-9-13(10-17(20)21)5-8-16(15)24-14-6-3-12(11-19)4-7-14/h3-9H,2,10H2,1H3,(H,20,21). The topological polar surface area (TPSA) is 87.4 Å². The first-order valence-electron chi connectivity index (χ1n) is 7.23. The summed E-state index contributed by atoms with van der Waals surface area (Å²) in [6.45, 7) is 1.95. The Morgan fingerprint density at radius 1 is 1.21 bits per heavy atom. The van der Waals surface area contributed by atoms with Crippen molar-refractivity contribution in [2.24, 2.45) is 0 Å². The van der Waals surface area contributed by atoms with Gasteiger partial charge in [-0.15, -0.1) is 0 Å². The zero-order valence-electron chi connectivity index (χ0n) is 13.0. The minimum Gasteiger partial charge on any atom is -0.481 e. The Bertz CT molecular complexity index is 794. The third-order valence-electron chi connectivity index (χ3n) is 3.11. The normalized spacial score (nSPS) is 10.0. The average molecular weight is 341 g/mol. The highest BCUT2D eigenvalue weighted by Gasteiger charge is 2.15. The van der Waals surface area contributed by atoms with Gasteiger partial charge in [0.15, 0.2) is 0 Å². The lowest BCUT2D eigenvalue weighted by atomic mass is 10.1. The van der Waals surface area contributed by atoms with Crippen LogP contribution in [0.25, 0.3) is 0 Å². The maximum absolute atomic E-state index is 12.2. The minimum absolute atomic E-state index is 0.159. The second kappa shape index (κ2) is 8.18. The van der Waals surface area contributed by atoms with Crippen molar-refractivity contribution in [1.82, 2.24) is 0 Å². The number of hydrogen-bond acceptors (Lipinski definition) is 5. The van der Waals surface area contributed by atoms with E-state index in [1.54, 1.807) is 49.4 Å². The largest absolute Gasteiger partial charge is 0.481 e. The van der Waals surface area contributed by atoms with Crippen LogP contribution in [0.1, 0.15) is 28.4 Å². The summed E-state index contributed by atoms with van der Waals surface area (Å²) < 4.78 is 5.06. The van der Waals surface area contributed by atoms with Crippen molar-refractivity contribution in [1.29, 1.82) is 5.26 Å². The van der Waals surface area contributed by atoms with E-state index in [0.717, 1.165) is 4.90 Å². The van der Waals surface area contributed by atoms with Crippen LogP contribution in [0.4, 0.5) is 0 Å². The number of benzene rings is 2. The van der Waals surface area contributed by atoms with E-state index in [9.17, 15) is 9.59 Å². The number of carboxylic acid groups (broad SMARTS) is 1. The van der Waals surface area contributed by atoms with Crippen molar-refractivity contribution >= 4 is 23.7 Å². The molecule has 0 saturated carbocycles. The van der Waals surface area contributed by atoms with Crippen molar-refractivity contribution in [2.75, 3.05) is 6.61 Å². The number of carboxylic acids is 1. The van der Waals surface area contributed by atoms with Crippen molar-refractivity contribution in [3.05, 3.63) is 59.2 Å². The highest BCUT2D eigenvalue weighted by atomic mass is 32.2. The molecule has 0 unspecified atom stereocenters.